The van der Waals surface area contributed by atoms with Crippen LogP contribution in [0.3, 0.4) is 0 Å². The maximum atomic E-state index is 12.6. The van der Waals surface area contributed by atoms with E-state index in [0.717, 1.165) is 0 Å². The number of aromatic nitrogens is 3. The SMILES string of the molecule is COc1ccc(C(=O)NC(c2nnc(SCC(N)=O)n2C)C(C)C)cc1. The molecule has 2 aromatic rings. The van der Waals surface area contributed by atoms with Gasteiger partial charge in [-0.05, 0) is 30.2 Å². The minimum atomic E-state index is -0.423. The highest BCUT2D eigenvalue weighted by molar-refractivity contribution is 7.99. The number of thioether (sulfide) groups is 1. The first kappa shape index (κ1) is 19.8. The third-order valence-electron chi connectivity index (χ3n) is 3.80. The van der Waals surface area contributed by atoms with E-state index >= 15 is 0 Å². The summed E-state index contributed by atoms with van der Waals surface area (Å²) in [6.45, 7) is 3.98. The molecule has 0 aliphatic heterocycles. The Morgan fingerprint density at radius 2 is 1.92 bits per heavy atom. The van der Waals surface area contributed by atoms with Crippen LogP contribution in [0.15, 0.2) is 29.4 Å². The van der Waals surface area contributed by atoms with E-state index in [1.165, 1.54) is 11.8 Å². The van der Waals surface area contributed by atoms with Gasteiger partial charge in [-0.3, -0.25) is 9.59 Å². The van der Waals surface area contributed by atoms with E-state index in [9.17, 15) is 9.59 Å². The van der Waals surface area contributed by atoms with E-state index < -0.39 is 5.91 Å². The summed E-state index contributed by atoms with van der Waals surface area (Å²) >= 11 is 1.21. The molecule has 0 saturated carbocycles. The first-order valence-electron chi connectivity index (χ1n) is 8.08. The number of hydrogen-bond donors (Lipinski definition) is 2. The molecule has 2 amide bonds. The summed E-state index contributed by atoms with van der Waals surface area (Å²) in [4.78, 5) is 23.5. The second-order valence-corrected chi connectivity index (χ2v) is 7.02. The average molecular weight is 377 g/mol. The summed E-state index contributed by atoms with van der Waals surface area (Å²) in [5.41, 5.74) is 5.70. The highest BCUT2D eigenvalue weighted by Gasteiger charge is 2.25. The molecule has 1 atom stereocenters. The minimum Gasteiger partial charge on any atom is -0.497 e. The summed E-state index contributed by atoms with van der Waals surface area (Å²) in [5, 5.41) is 11.9. The number of methoxy groups -OCH3 is 1. The predicted octanol–water partition coefficient (Wildman–Crippen LogP) is 1.53. The number of benzene rings is 1. The number of nitrogens with zero attached hydrogens (tertiary/aromatic N) is 3. The first-order valence-corrected chi connectivity index (χ1v) is 9.07. The molecule has 1 unspecified atom stereocenters. The van der Waals surface area contributed by atoms with Gasteiger partial charge in [-0.25, -0.2) is 0 Å². The normalized spacial score (nSPS) is 12.0. The van der Waals surface area contributed by atoms with Crippen molar-refractivity contribution in [3.63, 3.8) is 0 Å². The highest BCUT2D eigenvalue weighted by atomic mass is 32.2. The number of rotatable bonds is 8. The molecule has 1 aromatic carbocycles. The Bertz CT molecular complexity index is 773. The smallest absolute Gasteiger partial charge is 0.251 e. The van der Waals surface area contributed by atoms with Gasteiger partial charge in [0.2, 0.25) is 5.91 Å². The second kappa shape index (κ2) is 8.70. The number of nitrogens with two attached hydrogens (primary N) is 1. The molecule has 9 heteroatoms. The van der Waals surface area contributed by atoms with Crippen molar-refractivity contribution in [2.24, 2.45) is 18.7 Å². The van der Waals surface area contributed by atoms with Crippen LogP contribution < -0.4 is 15.8 Å². The van der Waals surface area contributed by atoms with Crippen LogP contribution in [0.5, 0.6) is 5.75 Å². The van der Waals surface area contributed by atoms with Gasteiger partial charge in [0.05, 0.1) is 18.9 Å². The van der Waals surface area contributed by atoms with E-state index in [1.54, 1.807) is 43.0 Å². The molecule has 0 radical (unpaired) electrons. The number of amides is 2. The number of nitrogens with one attached hydrogen (secondary N) is 1. The lowest BCUT2D eigenvalue weighted by Gasteiger charge is -2.21. The maximum absolute atomic E-state index is 12.6. The quantitative estimate of drug-likeness (QED) is 0.675. The van der Waals surface area contributed by atoms with Gasteiger partial charge in [0, 0.05) is 12.6 Å². The molecule has 3 N–H and O–H groups in total. The van der Waals surface area contributed by atoms with Crippen LogP contribution in [0.1, 0.15) is 36.1 Å². The van der Waals surface area contributed by atoms with Gasteiger partial charge in [-0.2, -0.15) is 0 Å². The van der Waals surface area contributed by atoms with Crippen LogP contribution in [0.25, 0.3) is 0 Å². The molecular formula is C17H23N5O3S. The van der Waals surface area contributed by atoms with Crippen molar-refractivity contribution in [1.29, 1.82) is 0 Å². The molecule has 0 bridgehead atoms. The van der Waals surface area contributed by atoms with Crippen molar-refractivity contribution in [3.05, 3.63) is 35.7 Å². The van der Waals surface area contributed by atoms with E-state index in [-0.39, 0.29) is 23.6 Å². The van der Waals surface area contributed by atoms with Gasteiger partial charge in [0.15, 0.2) is 11.0 Å². The van der Waals surface area contributed by atoms with Crippen LogP contribution in [0, 0.1) is 5.92 Å². The fourth-order valence-corrected chi connectivity index (χ4v) is 3.01. The zero-order chi connectivity index (χ0) is 19.3. The molecule has 0 aliphatic carbocycles. The van der Waals surface area contributed by atoms with Gasteiger partial charge < -0.3 is 20.4 Å². The van der Waals surface area contributed by atoms with E-state index in [4.69, 9.17) is 10.5 Å². The third-order valence-corrected chi connectivity index (χ3v) is 4.84. The summed E-state index contributed by atoms with van der Waals surface area (Å²) in [6, 6.07) is 6.55. The number of ether oxygens (including phenoxy) is 1. The first-order chi connectivity index (χ1) is 12.3. The molecule has 8 nitrogen and oxygen atoms in total. The Balaban J connectivity index is 2.18. The van der Waals surface area contributed by atoms with Crippen molar-refractivity contribution in [2.45, 2.75) is 25.0 Å². The lowest BCUT2D eigenvalue weighted by atomic mass is 10.0. The zero-order valence-electron chi connectivity index (χ0n) is 15.2. The predicted molar refractivity (Wildman–Crippen MR) is 99.0 cm³/mol. The zero-order valence-corrected chi connectivity index (χ0v) is 16.0. The van der Waals surface area contributed by atoms with Crippen LogP contribution in [0.2, 0.25) is 0 Å². The lowest BCUT2D eigenvalue weighted by molar-refractivity contribution is -0.115. The number of carbonyl (C=O) groups excluding carboxylic acids is 2. The van der Waals surface area contributed by atoms with E-state index in [2.05, 4.69) is 15.5 Å². The summed E-state index contributed by atoms with van der Waals surface area (Å²) in [5.74, 6) is 0.888. The molecule has 0 fully saturated rings. The number of carbonyl (C=O) groups is 2. The van der Waals surface area contributed by atoms with Crippen molar-refractivity contribution >= 4 is 23.6 Å². The van der Waals surface area contributed by atoms with Crippen LogP contribution in [0.4, 0.5) is 0 Å². The summed E-state index contributed by atoms with van der Waals surface area (Å²) in [7, 11) is 3.37. The van der Waals surface area contributed by atoms with Crippen molar-refractivity contribution < 1.29 is 14.3 Å². The number of hydrogen-bond acceptors (Lipinski definition) is 6. The largest absolute Gasteiger partial charge is 0.497 e. The van der Waals surface area contributed by atoms with Crippen LogP contribution in [-0.2, 0) is 11.8 Å². The molecule has 0 spiro atoms. The van der Waals surface area contributed by atoms with Crippen molar-refractivity contribution in [1.82, 2.24) is 20.1 Å². The van der Waals surface area contributed by atoms with Gasteiger partial charge in [-0.15, -0.1) is 10.2 Å². The lowest BCUT2D eigenvalue weighted by Crippen LogP contribution is -2.33. The van der Waals surface area contributed by atoms with Gasteiger partial charge in [-0.1, -0.05) is 25.6 Å². The van der Waals surface area contributed by atoms with Crippen molar-refractivity contribution in [3.8, 4) is 5.75 Å². The minimum absolute atomic E-state index is 0.0917. The van der Waals surface area contributed by atoms with Gasteiger partial charge in [0.25, 0.3) is 5.91 Å². The Morgan fingerprint density at radius 3 is 2.46 bits per heavy atom. The average Bonchev–Trinajstić information content (AvgIpc) is 2.97. The molecule has 0 saturated heterocycles. The molecule has 26 heavy (non-hydrogen) atoms. The molecule has 1 aromatic heterocycles. The summed E-state index contributed by atoms with van der Waals surface area (Å²) < 4.78 is 6.88. The van der Waals surface area contributed by atoms with Crippen molar-refractivity contribution in [2.75, 3.05) is 12.9 Å². The number of primary amides is 1. The Labute approximate surface area is 156 Å². The fourth-order valence-electron chi connectivity index (χ4n) is 2.35. The van der Waals surface area contributed by atoms with E-state index in [1.807, 2.05) is 13.8 Å². The third kappa shape index (κ3) is 4.75. The summed E-state index contributed by atoms with van der Waals surface area (Å²) in [6.07, 6.45) is 0. The molecule has 140 valence electrons. The Kier molecular flexibility index (Phi) is 6.62. The monoisotopic (exact) mass is 377 g/mol. The highest BCUT2D eigenvalue weighted by Crippen LogP contribution is 2.24. The Hall–Kier alpha value is -2.55. The Morgan fingerprint density at radius 1 is 1.27 bits per heavy atom. The van der Waals surface area contributed by atoms with Gasteiger partial charge >= 0.3 is 0 Å². The van der Waals surface area contributed by atoms with E-state index in [0.29, 0.717) is 22.3 Å². The fraction of sp³-hybridized carbons (Fsp3) is 0.412. The maximum Gasteiger partial charge on any atom is 0.251 e. The van der Waals surface area contributed by atoms with Gasteiger partial charge in [0.1, 0.15) is 5.75 Å². The molecular weight excluding hydrogens is 354 g/mol. The van der Waals surface area contributed by atoms with Crippen LogP contribution >= 0.6 is 11.8 Å². The molecule has 1 heterocycles. The second-order valence-electron chi connectivity index (χ2n) is 6.08. The van der Waals surface area contributed by atoms with Crippen LogP contribution in [-0.4, -0.2) is 39.4 Å². The topological polar surface area (TPSA) is 112 Å². The standard InChI is InChI=1S/C17H23N5O3S/c1-10(2)14(15-20-21-17(22(15)3)26-9-13(18)23)19-16(24)11-5-7-12(25-4)8-6-11/h5-8,10,14H,9H2,1-4H3,(H2,18,23)(H,19,24). The molecule has 2 rings (SSSR count). The molecule has 0 aliphatic rings.